The second-order valence-electron chi connectivity index (χ2n) is 3.74. The predicted molar refractivity (Wildman–Crippen MR) is 55.4 cm³/mol. The lowest BCUT2D eigenvalue weighted by atomic mass is 9.96. The van der Waals surface area contributed by atoms with Crippen molar-refractivity contribution in [3.8, 4) is 0 Å². The maximum atomic E-state index is 5.78. The average molecular weight is 178 g/mol. The van der Waals surface area contributed by atoms with Crippen LogP contribution in [0.25, 0.3) is 0 Å². The summed E-state index contributed by atoms with van der Waals surface area (Å²) in [5, 5.41) is 0. The summed E-state index contributed by atoms with van der Waals surface area (Å²) >= 11 is 0. The number of nitrogens with two attached hydrogens (primary N) is 1. The van der Waals surface area contributed by atoms with Gasteiger partial charge in [-0.2, -0.15) is 0 Å². The van der Waals surface area contributed by atoms with Gasteiger partial charge in [0.25, 0.3) is 0 Å². The molecule has 1 rings (SSSR count). The van der Waals surface area contributed by atoms with Crippen molar-refractivity contribution in [3.05, 3.63) is 30.1 Å². The van der Waals surface area contributed by atoms with E-state index < -0.39 is 0 Å². The van der Waals surface area contributed by atoms with Crippen LogP contribution in [0.4, 0.5) is 0 Å². The van der Waals surface area contributed by atoms with Crippen molar-refractivity contribution in [1.29, 1.82) is 0 Å². The zero-order valence-electron chi connectivity index (χ0n) is 8.40. The van der Waals surface area contributed by atoms with Gasteiger partial charge in [0.05, 0.1) is 0 Å². The van der Waals surface area contributed by atoms with E-state index in [-0.39, 0.29) is 6.04 Å². The van der Waals surface area contributed by atoms with Crippen molar-refractivity contribution < 1.29 is 0 Å². The van der Waals surface area contributed by atoms with Crippen LogP contribution in [0.5, 0.6) is 0 Å². The molecule has 0 radical (unpaired) electrons. The second-order valence-corrected chi connectivity index (χ2v) is 3.74. The number of hydrogen-bond donors (Lipinski definition) is 1. The molecule has 1 aromatic rings. The molecule has 1 aromatic heterocycles. The lowest BCUT2D eigenvalue weighted by Crippen LogP contribution is -2.24. The van der Waals surface area contributed by atoms with Gasteiger partial charge >= 0.3 is 0 Å². The molecule has 0 fully saturated rings. The van der Waals surface area contributed by atoms with Gasteiger partial charge in [0.2, 0.25) is 0 Å². The zero-order chi connectivity index (χ0) is 9.68. The zero-order valence-corrected chi connectivity index (χ0v) is 8.40. The van der Waals surface area contributed by atoms with E-state index in [9.17, 15) is 0 Å². The first kappa shape index (κ1) is 10.2. The minimum atomic E-state index is 0.289. The molecule has 1 heterocycles. The summed E-state index contributed by atoms with van der Waals surface area (Å²) in [5.41, 5.74) is 7.09. The molecule has 13 heavy (non-hydrogen) atoms. The van der Waals surface area contributed by atoms with Crippen LogP contribution in [-0.2, 0) is 6.42 Å². The largest absolute Gasteiger partial charge is 0.328 e. The highest BCUT2D eigenvalue weighted by Gasteiger charge is 2.06. The summed E-state index contributed by atoms with van der Waals surface area (Å²) in [6.45, 7) is 4.26. The van der Waals surface area contributed by atoms with E-state index in [1.807, 2.05) is 12.3 Å². The number of pyridine rings is 1. The minimum absolute atomic E-state index is 0.289. The monoisotopic (exact) mass is 178 g/mol. The second kappa shape index (κ2) is 4.97. The van der Waals surface area contributed by atoms with E-state index in [0.717, 1.165) is 12.8 Å². The summed E-state index contributed by atoms with van der Waals surface area (Å²) in [4.78, 5) is 4.08. The van der Waals surface area contributed by atoms with Gasteiger partial charge in [-0.15, -0.1) is 0 Å². The first-order valence-corrected chi connectivity index (χ1v) is 4.84. The van der Waals surface area contributed by atoms with E-state index in [0.29, 0.717) is 5.92 Å². The Hall–Kier alpha value is -0.890. The van der Waals surface area contributed by atoms with Crippen LogP contribution in [0.2, 0.25) is 0 Å². The standard InChI is InChI=1S/C11H18N2/c1-9(10(2)12)5-6-11-4-3-7-13-8-11/h3-4,7-10H,5-6,12H2,1-2H3. The highest BCUT2D eigenvalue weighted by atomic mass is 14.6. The van der Waals surface area contributed by atoms with Gasteiger partial charge in [0.15, 0.2) is 0 Å². The molecule has 2 unspecified atom stereocenters. The number of aromatic nitrogens is 1. The Labute approximate surface area is 80.2 Å². The summed E-state index contributed by atoms with van der Waals surface area (Å²) in [6, 6.07) is 4.38. The maximum absolute atomic E-state index is 5.78. The summed E-state index contributed by atoms with van der Waals surface area (Å²) in [5.74, 6) is 0.584. The molecule has 2 heteroatoms. The Balaban J connectivity index is 2.35. The highest BCUT2D eigenvalue weighted by Crippen LogP contribution is 2.10. The third kappa shape index (κ3) is 3.55. The van der Waals surface area contributed by atoms with Gasteiger partial charge in [0, 0.05) is 18.4 Å². The topological polar surface area (TPSA) is 38.9 Å². The van der Waals surface area contributed by atoms with Crippen LogP contribution in [0, 0.1) is 5.92 Å². The number of rotatable bonds is 4. The minimum Gasteiger partial charge on any atom is -0.328 e. The Morgan fingerprint density at radius 3 is 2.77 bits per heavy atom. The number of nitrogens with zero attached hydrogens (tertiary/aromatic N) is 1. The first-order chi connectivity index (χ1) is 6.20. The molecule has 0 aliphatic carbocycles. The third-order valence-electron chi connectivity index (χ3n) is 2.51. The van der Waals surface area contributed by atoms with Crippen molar-refractivity contribution >= 4 is 0 Å². The van der Waals surface area contributed by atoms with Crippen LogP contribution < -0.4 is 5.73 Å². The van der Waals surface area contributed by atoms with Gasteiger partial charge in [-0.25, -0.2) is 0 Å². The molecular weight excluding hydrogens is 160 g/mol. The summed E-state index contributed by atoms with van der Waals surface area (Å²) < 4.78 is 0. The highest BCUT2D eigenvalue weighted by molar-refractivity contribution is 5.08. The summed E-state index contributed by atoms with van der Waals surface area (Å²) in [7, 11) is 0. The molecule has 0 bridgehead atoms. The van der Waals surface area contributed by atoms with Gasteiger partial charge < -0.3 is 5.73 Å². The first-order valence-electron chi connectivity index (χ1n) is 4.84. The Morgan fingerprint density at radius 2 is 2.23 bits per heavy atom. The third-order valence-corrected chi connectivity index (χ3v) is 2.51. The SMILES string of the molecule is CC(N)C(C)CCc1cccnc1. The molecule has 0 amide bonds. The average Bonchev–Trinajstić information content (AvgIpc) is 2.15. The molecule has 2 atom stereocenters. The fraction of sp³-hybridized carbons (Fsp3) is 0.545. The Kier molecular flexibility index (Phi) is 3.90. The molecule has 0 aliphatic heterocycles. The van der Waals surface area contributed by atoms with Gasteiger partial charge in [-0.1, -0.05) is 13.0 Å². The molecule has 2 nitrogen and oxygen atoms in total. The molecule has 0 aliphatic rings. The molecule has 72 valence electrons. The van der Waals surface area contributed by atoms with Gasteiger partial charge in [-0.05, 0) is 37.3 Å². The van der Waals surface area contributed by atoms with Crippen LogP contribution in [0.1, 0.15) is 25.8 Å². The molecular formula is C11H18N2. The van der Waals surface area contributed by atoms with E-state index in [4.69, 9.17) is 5.73 Å². The van der Waals surface area contributed by atoms with E-state index in [1.165, 1.54) is 5.56 Å². The maximum Gasteiger partial charge on any atom is 0.0299 e. The predicted octanol–water partition coefficient (Wildman–Crippen LogP) is 2.00. The fourth-order valence-electron chi connectivity index (χ4n) is 1.20. The van der Waals surface area contributed by atoms with Crippen LogP contribution in [0.15, 0.2) is 24.5 Å². The fourth-order valence-corrected chi connectivity index (χ4v) is 1.20. The van der Waals surface area contributed by atoms with Crippen LogP contribution >= 0.6 is 0 Å². The molecule has 0 spiro atoms. The number of aryl methyl sites for hydroxylation is 1. The van der Waals surface area contributed by atoms with E-state index >= 15 is 0 Å². The quantitative estimate of drug-likeness (QED) is 0.766. The number of hydrogen-bond acceptors (Lipinski definition) is 2. The molecule has 0 saturated heterocycles. The molecule has 0 aromatic carbocycles. The Morgan fingerprint density at radius 1 is 1.46 bits per heavy atom. The lowest BCUT2D eigenvalue weighted by molar-refractivity contribution is 0.451. The van der Waals surface area contributed by atoms with Crippen LogP contribution in [0.3, 0.4) is 0 Å². The van der Waals surface area contributed by atoms with Gasteiger partial charge in [0.1, 0.15) is 0 Å². The summed E-state index contributed by atoms with van der Waals surface area (Å²) in [6.07, 6.45) is 5.95. The normalized spacial score (nSPS) is 15.3. The lowest BCUT2D eigenvalue weighted by Gasteiger charge is -2.14. The molecule has 0 saturated carbocycles. The van der Waals surface area contributed by atoms with Crippen molar-refractivity contribution in [1.82, 2.24) is 4.98 Å². The smallest absolute Gasteiger partial charge is 0.0299 e. The van der Waals surface area contributed by atoms with Gasteiger partial charge in [-0.3, -0.25) is 4.98 Å². The van der Waals surface area contributed by atoms with E-state index in [1.54, 1.807) is 6.20 Å². The molecule has 2 N–H and O–H groups in total. The Bertz CT molecular complexity index is 231. The van der Waals surface area contributed by atoms with Crippen molar-refractivity contribution in [3.63, 3.8) is 0 Å². The van der Waals surface area contributed by atoms with E-state index in [2.05, 4.69) is 24.9 Å². The van der Waals surface area contributed by atoms with Crippen LogP contribution in [-0.4, -0.2) is 11.0 Å². The van der Waals surface area contributed by atoms with Crippen molar-refractivity contribution in [2.45, 2.75) is 32.7 Å². The van der Waals surface area contributed by atoms with Crippen molar-refractivity contribution in [2.24, 2.45) is 11.7 Å². The van der Waals surface area contributed by atoms with Crippen molar-refractivity contribution in [2.75, 3.05) is 0 Å².